The molecule has 100 valence electrons. The van der Waals surface area contributed by atoms with E-state index in [0.29, 0.717) is 0 Å². The lowest BCUT2D eigenvalue weighted by molar-refractivity contribution is -0.147. The molecule has 18 heavy (non-hydrogen) atoms. The van der Waals surface area contributed by atoms with Crippen LogP contribution in [0.2, 0.25) is 0 Å². The molecule has 0 unspecified atom stereocenters. The fraction of sp³-hybridized carbons (Fsp3) is 0.556. The summed E-state index contributed by atoms with van der Waals surface area (Å²) in [6.45, 7) is 0.412. The van der Waals surface area contributed by atoms with Crippen LogP contribution in [0.4, 0.5) is 0 Å². The molecule has 3 N–H and O–H groups in total. The molecule has 0 spiro atoms. The first kappa shape index (κ1) is 13.0. The highest BCUT2D eigenvalue weighted by atomic mass is 32.2. The Morgan fingerprint density at radius 1 is 1.50 bits per heavy atom. The Morgan fingerprint density at radius 2 is 2.17 bits per heavy atom. The lowest BCUT2D eigenvalue weighted by atomic mass is 9.92. The van der Waals surface area contributed by atoms with Crippen LogP contribution in [0.15, 0.2) is 17.6 Å². The van der Waals surface area contributed by atoms with Crippen LogP contribution in [0.25, 0.3) is 0 Å². The topological polar surface area (TPSA) is 121 Å². The summed E-state index contributed by atoms with van der Waals surface area (Å²) >= 11 is 0. The first-order valence-electron chi connectivity index (χ1n) is 5.30. The minimum Gasteiger partial charge on any atom is -0.480 e. The lowest BCUT2D eigenvalue weighted by Gasteiger charge is -2.33. The molecule has 1 fully saturated rings. The van der Waals surface area contributed by atoms with Crippen LogP contribution in [0.1, 0.15) is 12.8 Å². The van der Waals surface area contributed by atoms with Gasteiger partial charge in [-0.05, 0) is 0 Å². The molecule has 8 nitrogen and oxygen atoms in total. The van der Waals surface area contributed by atoms with Crippen molar-refractivity contribution in [2.45, 2.75) is 23.4 Å². The van der Waals surface area contributed by atoms with E-state index >= 15 is 0 Å². The van der Waals surface area contributed by atoms with Gasteiger partial charge in [-0.25, -0.2) is 13.4 Å². The van der Waals surface area contributed by atoms with E-state index in [1.165, 1.54) is 6.33 Å². The van der Waals surface area contributed by atoms with Gasteiger partial charge in [0.1, 0.15) is 5.54 Å². The fourth-order valence-corrected chi connectivity index (χ4v) is 3.10. The van der Waals surface area contributed by atoms with Gasteiger partial charge in [-0.1, -0.05) is 0 Å². The van der Waals surface area contributed by atoms with Crippen molar-refractivity contribution < 1.29 is 23.1 Å². The van der Waals surface area contributed by atoms with Crippen molar-refractivity contribution in [1.82, 2.24) is 14.7 Å². The zero-order valence-corrected chi connectivity index (χ0v) is 10.2. The van der Waals surface area contributed by atoms with Crippen molar-refractivity contribution in [1.29, 1.82) is 0 Å². The minimum atomic E-state index is -3.92. The van der Waals surface area contributed by atoms with E-state index in [2.05, 4.69) is 14.7 Å². The number of hydrogen-bond donors (Lipinski definition) is 3. The molecule has 0 aromatic carbocycles. The number of rotatable bonds is 4. The van der Waals surface area contributed by atoms with Crippen molar-refractivity contribution in [2.75, 3.05) is 13.2 Å². The van der Waals surface area contributed by atoms with Gasteiger partial charge >= 0.3 is 5.97 Å². The van der Waals surface area contributed by atoms with E-state index in [0.717, 1.165) is 6.20 Å². The Kier molecular flexibility index (Phi) is 3.37. The van der Waals surface area contributed by atoms with Crippen molar-refractivity contribution >= 4 is 16.0 Å². The van der Waals surface area contributed by atoms with Crippen LogP contribution >= 0.6 is 0 Å². The molecule has 1 aromatic rings. The summed E-state index contributed by atoms with van der Waals surface area (Å²) in [4.78, 5) is 17.4. The largest absolute Gasteiger partial charge is 0.480 e. The number of carboxylic acids is 1. The van der Waals surface area contributed by atoms with Crippen molar-refractivity contribution in [3.63, 3.8) is 0 Å². The molecule has 1 aliphatic rings. The molecule has 1 aliphatic heterocycles. The zero-order valence-electron chi connectivity index (χ0n) is 9.42. The molecule has 2 heterocycles. The van der Waals surface area contributed by atoms with E-state index < -0.39 is 21.5 Å². The highest BCUT2D eigenvalue weighted by Gasteiger charge is 2.44. The zero-order chi connectivity index (χ0) is 13.2. The van der Waals surface area contributed by atoms with E-state index in [-0.39, 0.29) is 31.1 Å². The summed E-state index contributed by atoms with van der Waals surface area (Å²) in [6, 6.07) is 0. The third-order valence-electron chi connectivity index (χ3n) is 2.85. The maximum absolute atomic E-state index is 12.0. The Morgan fingerprint density at radius 3 is 2.67 bits per heavy atom. The van der Waals surface area contributed by atoms with Gasteiger partial charge in [0, 0.05) is 26.1 Å². The van der Waals surface area contributed by atoms with Gasteiger partial charge in [0.25, 0.3) is 10.0 Å². The Hall–Kier alpha value is -1.45. The highest BCUT2D eigenvalue weighted by Crippen LogP contribution is 2.23. The van der Waals surface area contributed by atoms with Gasteiger partial charge in [0.05, 0.1) is 12.5 Å². The number of carbonyl (C=O) groups is 1. The molecular weight excluding hydrogens is 262 g/mol. The van der Waals surface area contributed by atoms with E-state index in [4.69, 9.17) is 4.74 Å². The predicted octanol–water partition coefficient (Wildman–Crippen LogP) is -0.678. The van der Waals surface area contributed by atoms with Gasteiger partial charge in [0.15, 0.2) is 5.03 Å². The third kappa shape index (κ3) is 2.37. The molecule has 0 amide bonds. The number of aromatic nitrogens is 2. The summed E-state index contributed by atoms with van der Waals surface area (Å²) in [5, 5.41) is 9.08. The van der Waals surface area contributed by atoms with Gasteiger partial charge < -0.3 is 14.8 Å². The summed E-state index contributed by atoms with van der Waals surface area (Å²) in [7, 11) is -3.92. The van der Waals surface area contributed by atoms with Crippen LogP contribution in [0.5, 0.6) is 0 Å². The lowest BCUT2D eigenvalue weighted by Crippen LogP contribution is -2.57. The van der Waals surface area contributed by atoms with E-state index in [1.807, 2.05) is 0 Å². The van der Waals surface area contributed by atoms with Crippen molar-refractivity contribution in [2.24, 2.45) is 0 Å². The van der Waals surface area contributed by atoms with Crippen molar-refractivity contribution in [3.8, 4) is 0 Å². The van der Waals surface area contributed by atoms with Gasteiger partial charge in [-0.15, -0.1) is 0 Å². The number of ether oxygens (including phenoxy) is 1. The third-order valence-corrected chi connectivity index (χ3v) is 4.31. The number of aromatic amines is 1. The van der Waals surface area contributed by atoms with Crippen LogP contribution in [-0.4, -0.2) is 48.2 Å². The number of carboxylic acid groups (broad SMARTS) is 1. The summed E-state index contributed by atoms with van der Waals surface area (Å²) in [5.41, 5.74) is -1.51. The van der Waals surface area contributed by atoms with Crippen LogP contribution in [0, 0.1) is 0 Å². The Bertz CT molecular complexity index is 518. The average molecular weight is 275 g/mol. The first-order chi connectivity index (χ1) is 8.46. The smallest absolute Gasteiger partial charge is 0.325 e. The minimum absolute atomic E-state index is 0.0930. The van der Waals surface area contributed by atoms with Gasteiger partial charge in [-0.2, -0.15) is 4.72 Å². The first-order valence-corrected chi connectivity index (χ1v) is 6.78. The average Bonchev–Trinajstić information content (AvgIpc) is 2.83. The normalized spacial score (nSPS) is 19.6. The molecule has 1 aromatic heterocycles. The maximum Gasteiger partial charge on any atom is 0.325 e. The predicted molar refractivity (Wildman–Crippen MR) is 59.3 cm³/mol. The van der Waals surface area contributed by atoms with Crippen LogP contribution < -0.4 is 4.72 Å². The maximum atomic E-state index is 12.0. The molecule has 2 rings (SSSR count). The highest BCUT2D eigenvalue weighted by molar-refractivity contribution is 7.89. The molecule has 1 saturated heterocycles. The molecule has 0 radical (unpaired) electrons. The second kappa shape index (κ2) is 4.67. The number of aliphatic carboxylic acids is 1. The number of imidazole rings is 1. The molecular formula is C9H13N3O5S. The molecule has 0 aliphatic carbocycles. The Labute approximate surface area is 103 Å². The Balaban J connectivity index is 2.27. The van der Waals surface area contributed by atoms with Crippen molar-refractivity contribution in [3.05, 3.63) is 12.5 Å². The number of sulfonamides is 1. The summed E-state index contributed by atoms with van der Waals surface area (Å²) in [6.07, 6.45) is 2.52. The van der Waals surface area contributed by atoms with E-state index in [1.54, 1.807) is 0 Å². The van der Waals surface area contributed by atoms with Crippen LogP contribution in [0.3, 0.4) is 0 Å². The monoisotopic (exact) mass is 275 g/mol. The van der Waals surface area contributed by atoms with Gasteiger partial charge in [0.2, 0.25) is 0 Å². The second-order valence-corrected chi connectivity index (χ2v) is 5.67. The molecule has 0 saturated carbocycles. The SMILES string of the molecule is O=C(O)C1(NS(=O)(=O)c2cnc[nH]2)CCOCC1. The second-order valence-electron chi connectivity index (χ2n) is 4.02. The fourth-order valence-electron chi connectivity index (χ4n) is 1.78. The van der Waals surface area contributed by atoms with E-state index in [9.17, 15) is 18.3 Å². The van der Waals surface area contributed by atoms with Crippen LogP contribution in [-0.2, 0) is 19.6 Å². The number of nitrogens with one attached hydrogen (secondary N) is 2. The quantitative estimate of drug-likeness (QED) is 0.669. The van der Waals surface area contributed by atoms with Gasteiger partial charge in [-0.3, -0.25) is 4.79 Å². The number of H-pyrrole nitrogens is 1. The number of hydrogen-bond acceptors (Lipinski definition) is 5. The summed E-state index contributed by atoms with van der Waals surface area (Å²) < 4.78 is 31.3. The molecule has 9 heteroatoms. The summed E-state index contributed by atoms with van der Waals surface area (Å²) in [5.74, 6) is -1.20. The molecule has 0 bridgehead atoms. The standard InChI is InChI=1S/C9H13N3O5S/c13-8(14)9(1-3-17-4-2-9)12-18(15,16)7-5-10-6-11-7/h5-6,12H,1-4H2,(H,10,11)(H,13,14). The number of nitrogens with zero attached hydrogens (tertiary/aromatic N) is 1. The molecule has 0 atom stereocenters.